The first-order valence-corrected chi connectivity index (χ1v) is 8.09. The molecule has 0 atom stereocenters. The molecule has 0 aliphatic carbocycles. The van der Waals surface area contributed by atoms with Crippen LogP contribution in [0, 0.1) is 0 Å². The molecule has 26 heavy (non-hydrogen) atoms. The van der Waals surface area contributed by atoms with Crippen LogP contribution in [-0.4, -0.2) is 23.1 Å². The van der Waals surface area contributed by atoms with E-state index in [1.54, 1.807) is 43.8 Å². The molecule has 0 unspecified atom stereocenters. The Labute approximate surface area is 149 Å². The minimum absolute atomic E-state index is 0.342. The number of pyridine rings is 2. The lowest BCUT2D eigenvalue weighted by atomic mass is 10.1. The van der Waals surface area contributed by atoms with E-state index < -0.39 is 0 Å². The summed E-state index contributed by atoms with van der Waals surface area (Å²) in [5.41, 5.74) is 2.86. The van der Waals surface area contributed by atoms with Gasteiger partial charge in [0.15, 0.2) is 0 Å². The Morgan fingerprint density at radius 2 is 1.65 bits per heavy atom. The number of nitrogens with one attached hydrogen (secondary N) is 2. The molecule has 0 aliphatic rings. The van der Waals surface area contributed by atoms with E-state index in [9.17, 15) is 4.79 Å². The summed E-state index contributed by atoms with van der Waals surface area (Å²) >= 11 is 0. The minimum Gasteiger partial charge on any atom is -0.497 e. The maximum Gasteiger partial charge on any atom is 0.323 e. The minimum atomic E-state index is -0.342. The number of aromatic nitrogens is 2. The number of hydrogen-bond acceptors (Lipinski definition) is 4. The van der Waals surface area contributed by atoms with Gasteiger partial charge in [0.1, 0.15) is 5.75 Å². The monoisotopic (exact) mass is 344 g/mol. The zero-order valence-electron chi connectivity index (χ0n) is 14.1. The first kappa shape index (κ1) is 15.8. The lowest BCUT2D eigenvalue weighted by Gasteiger charge is -2.11. The van der Waals surface area contributed by atoms with Gasteiger partial charge in [0, 0.05) is 28.9 Å². The molecule has 6 heteroatoms. The second kappa shape index (κ2) is 6.68. The van der Waals surface area contributed by atoms with Gasteiger partial charge in [0.2, 0.25) is 0 Å². The quantitative estimate of drug-likeness (QED) is 0.539. The summed E-state index contributed by atoms with van der Waals surface area (Å²) in [5.74, 6) is 0.730. The number of rotatable bonds is 3. The highest BCUT2D eigenvalue weighted by molar-refractivity contribution is 6.13. The summed E-state index contributed by atoms with van der Waals surface area (Å²) < 4.78 is 5.12. The molecule has 128 valence electrons. The molecule has 0 saturated heterocycles. The fraction of sp³-hybridized carbons (Fsp3) is 0.0500. The summed E-state index contributed by atoms with van der Waals surface area (Å²) in [6, 6.07) is 16.3. The van der Waals surface area contributed by atoms with Gasteiger partial charge in [-0.2, -0.15) is 0 Å². The Bertz CT molecular complexity index is 1090. The van der Waals surface area contributed by atoms with Crippen molar-refractivity contribution < 1.29 is 9.53 Å². The van der Waals surface area contributed by atoms with Crippen molar-refractivity contribution in [2.24, 2.45) is 0 Å². The normalized spacial score (nSPS) is 10.7. The van der Waals surface area contributed by atoms with E-state index in [0.29, 0.717) is 16.9 Å². The highest BCUT2D eigenvalue weighted by atomic mass is 16.5. The lowest BCUT2D eigenvalue weighted by molar-refractivity contribution is 0.262. The first-order valence-electron chi connectivity index (χ1n) is 8.09. The molecule has 2 aromatic heterocycles. The van der Waals surface area contributed by atoms with Gasteiger partial charge in [0.25, 0.3) is 0 Å². The van der Waals surface area contributed by atoms with E-state index in [4.69, 9.17) is 4.74 Å². The van der Waals surface area contributed by atoms with Crippen LogP contribution in [-0.2, 0) is 0 Å². The maximum atomic E-state index is 12.4. The van der Waals surface area contributed by atoms with Crippen molar-refractivity contribution in [3.05, 3.63) is 67.0 Å². The van der Waals surface area contributed by atoms with Crippen LogP contribution in [0.4, 0.5) is 16.2 Å². The predicted molar refractivity (Wildman–Crippen MR) is 103 cm³/mol. The highest BCUT2D eigenvalue weighted by Crippen LogP contribution is 2.29. The fourth-order valence-electron chi connectivity index (χ4n) is 2.85. The second-order valence-electron chi connectivity index (χ2n) is 5.71. The van der Waals surface area contributed by atoms with Crippen LogP contribution in [0.3, 0.4) is 0 Å². The number of urea groups is 1. The van der Waals surface area contributed by atoms with Gasteiger partial charge in [-0.15, -0.1) is 0 Å². The molecule has 0 aliphatic heterocycles. The van der Waals surface area contributed by atoms with Gasteiger partial charge in [0.05, 0.1) is 23.8 Å². The largest absolute Gasteiger partial charge is 0.497 e. The smallest absolute Gasteiger partial charge is 0.323 e. The molecule has 0 bridgehead atoms. The molecule has 0 saturated carbocycles. The average molecular weight is 344 g/mol. The van der Waals surface area contributed by atoms with E-state index in [1.807, 2.05) is 30.3 Å². The van der Waals surface area contributed by atoms with Crippen LogP contribution in [0.25, 0.3) is 21.8 Å². The summed E-state index contributed by atoms with van der Waals surface area (Å²) in [5, 5.41) is 7.52. The number of carbonyl (C=O) groups is 1. The molecule has 4 rings (SSSR count). The van der Waals surface area contributed by atoms with E-state index in [0.717, 1.165) is 22.0 Å². The second-order valence-corrected chi connectivity index (χ2v) is 5.71. The number of benzene rings is 2. The number of carbonyl (C=O) groups excluding carboxylic acids is 1. The van der Waals surface area contributed by atoms with Gasteiger partial charge in [-0.25, -0.2) is 4.79 Å². The first-order chi connectivity index (χ1) is 12.7. The third kappa shape index (κ3) is 3.00. The third-order valence-electron chi connectivity index (χ3n) is 4.05. The molecule has 6 nitrogen and oxygen atoms in total. The lowest BCUT2D eigenvalue weighted by Crippen LogP contribution is -2.19. The van der Waals surface area contributed by atoms with Gasteiger partial charge >= 0.3 is 6.03 Å². The maximum absolute atomic E-state index is 12.4. The number of fused-ring (bicyclic) bond motifs is 3. The molecular formula is C20H16N4O2. The SMILES string of the molecule is COc1ccc(NC(=O)Nc2cc3cccnc3c3cccnc23)cc1. The molecular weight excluding hydrogens is 328 g/mol. The van der Waals surface area contributed by atoms with E-state index >= 15 is 0 Å². The van der Waals surface area contributed by atoms with E-state index in [2.05, 4.69) is 20.6 Å². The molecule has 2 amide bonds. The summed E-state index contributed by atoms with van der Waals surface area (Å²) in [6.45, 7) is 0. The Hall–Kier alpha value is -3.67. The van der Waals surface area contributed by atoms with Crippen molar-refractivity contribution in [2.75, 3.05) is 17.7 Å². The Morgan fingerprint density at radius 1 is 0.923 bits per heavy atom. The Balaban J connectivity index is 1.66. The predicted octanol–water partition coefficient (Wildman–Crippen LogP) is 4.44. The van der Waals surface area contributed by atoms with Crippen molar-refractivity contribution >= 4 is 39.2 Å². The van der Waals surface area contributed by atoms with Crippen molar-refractivity contribution in [1.29, 1.82) is 0 Å². The van der Waals surface area contributed by atoms with Gasteiger partial charge in [-0.1, -0.05) is 6.07 Å². The Kier molecular flexibility index (Phi) is 4.07. The average Bonchev–Trinajstić information content (AvgIpc) is 2.69. The fourth-order valence-corrected chi connectivity index (χ4v) is 2.85. The molecule has 2 aromatic carbocycles. The van der Waals surface area contributed by atoms with Crippen LogP contribution in [0.5, 0.6) is 5.75 Å². The molecule has 4 aromatic rings. The van der Waals surface area contributed by atoms with Crippen molar-refractivity contribution in [2.45, 2.75) is 0 Å². The number of hydrogen-bond donors (Lipinski definition) is 2. The van der Waals surface area contributed by atoms with Crippen molar-refractivity contribution in [1.82, 2.24) is 9.97 Å². The number of ether oxygens (including phenoxy) is 1. The zero-order valence-corrected chi connectivity index (χ0v) is 14.1. The molecule has 2 heterocycles. The van der Waals surface area contributed by atoms with Gasteiger partial charge in [-0.05, 0) is 48.5 Å². The summed E-state index contributed by atoms with van der Waals surface area (Å²) in [6.07, 6.45) is 3.45. The van der Waals surface area contributed by atoms with Crippen LogP contribution >= 0.6 is 0 Å². The molecule has 0 spiro atoms. The van der Waals surface area contributed by atoms with Crippen molar-refractivity contribution in [3.63, 3.8) is 0 Å². The van der Waals surface area contributed by atoms with Crippen LogP contribution < -0.4 is 15.4 Å². The number of anilines is 2. The molecule has 0 fully saturated rings. The standard InChI is InChI=1S/C20H16N4O2/c1-26-15-8-6-14(7-9-15)23-20(25)24-17-12-13-4-2-10-21-18(13)16-5-3-11-22-19(16)17/h2-12H,1H3,(H2,23,24,25). The Morgan fingerprint density at radius 3 is 2.42 bits per heavy atom. The molecule has 2 N–H and O–H groups in total. The van der Waals surface area contributed by atoms with Crippen LogP contribution in [0.15, 0.2) is 67.0 Å². The highest BCUT2D eigenvalue weighted by Gasteiger charge is 2.11. The summed E-state index contributed by atoms with van der Waals surface area (Å²) in [4.78, 5) is 21.3. The van der Waals surface area contributed by atoms with E-state index in [-0.39, 0.29) is 6.03 Å². The number of methoxy groups -OCH3 is 1. The van der Waals surface area contributed by atoms with Gasteiger partial charge < -0.3 is 15.4 Å². The van der Waals surface area contributed by atoms with Crippen LogP contribution in [0.2, 0.25) is 0 Å². The topological polar surface area (TPSA) is 76.1 Å². The zero-order chi connectivity index (χ0) is 17.9. The number of amides is 2. The van der Waals surface area contributed by atoms with Crippen molar-refractivity contribution in [3.8, 4) is 5.75 Å². The number of nitrogens with zero attached hydrogens (tertiary/aromatic N) is 2. The van der Waals surface area contributed by atoms with Crippen LogP contribution in [0.1, 0.15) is 0 Å². The van der Waals surface area contributed by atoms with E-state index in [1.165, 1.54) is 0 Å². The summed E-state index contributed by atoms with van der Waals surface area (Å²) in [7, 11) is 1.60. The molecule has 0 radical (unpaired) electrons. The third-order valence-corrected chi connectivity index (χ3v) is 4.05. The van der Waals surface area contributed by atoms with Gasteiger partial charge in [-0.3, -0.25) is 9.97 Å².